The van der Waals surface area contributed by atoms with Gasteiger partial charge in [-0.3, -0.25) is 5.32 Å². The van der Waals surface area contributed by atoms with E-state index in [1.165, 1.54) is 0 Å². The molecule has 0 fully saturated rings. The molecule has 1 aromatic heterocycles. The molecule has 1 rings (SSSR count). The van der Waals surface area contributed by atoms with Crippen LogP contribution in [0.15, 0.2) is 22.6 Å². The summed E-state index contributed by atoms with van der Waals surface area (Å²) in [6.45, 7) is 0. The molecule has 2 amide bonds. The van der Waals surface area contributed by atoms with Gasteiger partial charge in [0.05, 0.1) is 0 Å². The molecule has 0 aliphatic heterocycles. The summed E-state index contributed by atoms with van der Waals surface area (Å²) in [5, 5.41) is 2.63. The van der Waals surface area contributed by atoms with Crippen LogP contribution in [0.1, 0.15) is 0 Å². The summed E-state index contributed by atoms with van der Waals surface area (Å²) in [5.74, 6) is 0.334. The van der Waals surface area contributed by atoms with Gasteiger partial charge in [0.2, 0.25) is 0 Å². The average Bonchev–Trinajstić information content (AvgIpc) is 2.04. The highest BCUT2D eigenvalue weighted by atomic mass is 35.5. The molecule has 0 atom stereocenters. The normalized spacial score (nSPS) is 9.08. The Hall–Kier alpha value is -1.07. The molecule has 62 valence electrons. The van der Waals surface area contributed by atoms with E-state index in [2.05, 4.69) is 27.1 Å². The first-order chi connectivity index (χ1) is 5.72. The highest BCUT2D eigenvalue weighted by Gasteiger charge is 1.99. The number of hydrogen-bond donors (Lipinski definition) is 1. The maximum absolute atomic E-state index is 10.6. The van der Waals surface area contributed by atoms with Gasteiger partial charge in [-0.05, 0) is 12.1 Å². The number of anilines is 1. The highest BCUT2D eigenvalue weighted by molar-refractivity contribution is 7.47. The third-order valence-electron chi connectivity index (χ3n) is 1.03. The van der Waals surface area contributed by atoms with E-state index in [0.29, 0.717) is 11.0 Å². The molecule has 1 N–H and O–H groups in total. The van der Waals surface area contributed by atoms with Gasteiger partial charge in [-0.15, -0.1) is 4.36 Å². The second-order valence-corrected chi connectivity index (χ2v) is 2.44. The second kappa shape index (κ2) is 4.08. The molecule has 0 aliphatic carbocycles. The van der Waals surface area contributed by atoms with E-state index in [4.69, 9.17) is 11.6 Å². The highest BCUT2D eigenvalue weighted by Crippen LogP contribution is 2.08. The first-order valence-electron chi connectivity index (χ1n) is 2.99. The van der Waals surface area contributed by atoms with E-state index in [9.17, 15) is 4.79 Å². The number of pyridine rings is 1. The molecule has 0 spiro atoms. The summed E-state index contributed by atoms with van der Waals surface area (Å²) in [7, 11) is 0. The third kappa shape index (κ3) is 2.52. The van der Waals surface area contributed by atoms with Gasteiger partial charge in [-0.25, -0.2) is 9.78 Å². The number of nitrogens with zero attached hydrogens (tertiary/aromatic N) is 2. The zero-order chi connectivity index (χ0) is 8.97. The van der Waals surface area contributed by atoms with Crippen LogP contribution in [0.4, 0.5) is 10.6 Å². The number of urea groups is 1. The number of aromatic nitrogens is 1. The number of rotatable bonds is 1. The molecule has 0 aromatic carbocycles. The van der Waals surface area contributed by atoms with Crippen molar-refractivity contribution in [2.75, 3.05) is 5.32 Å². The lowest BCUT2D eigenvalue weighted by Gasteiger charge is -1.98. The summed E-state index contributed by atoms with van der Waals surface area (Å²) >= 11 is 9.71. The summed E-state index contributed by atoms with van der Waals surface area (Å²) in [4.78, 5) is 14.4. The fourth-order valence-electron chi connectivity index (χ4n) is 0.610. The molecule has 6 heteroatoms. The molecule has 0 saturated heterocycles. The van der Waals surface area contributed by atoms with Crippen LogP contribution in [0.25, 0.3) is 0 Å². The van der Waals surface area contributed by atoms with Crippen LogP contribution in [0.5, 0.6) is 0 Å². The van der Waals surface area contributed by atoms with Gasteiger partial charge in [-0.2, -0.15) is 0 Å². The monoisotopic (exact) mass is 201 g/mol. The van der Waals surface area contributed by atoms with Gasteiger partial charge in [0.1, 0.15) is 11.0 Å². The lowest BCUT2D eigenvalue weighted by atomic mass is 10.5. The molecule has 0 radical (unpaired) electrons. The van der Waals surface area contributed by atoms with Gasteiger partial charge in [0.15, 0.2) is 0 Å². The minimum Gasteiger partial charge on any atom is -0.290 e. The average molecular weight is 202 g/mol. The lowest BCUT2D eigenvalue weighted by molar-refractivity contribution is 0.260. The predicted molar refractivity (Wildman–Crippen MR) is 48.1 cm³/mol. The molecule has 0 aliphatic rings. The topological polar surface area (TPSA) is 54.4 Å². The number of hydrogen-bond acceptors (Lipinski definition) is 3. The Labute approximate surface area is 79.1 Å². The van der Waals surface area contributed by atoms with Crippen LogP contribution in [-0.4, -0.2) is 11.0 Å². The number of amides is 2. The summed E-state index contributed by atoms with van der Waals surface area (Å²) in [6.07, 6.45) is 0. The van der Waals surface area contributed by atoms with Gasteiger partial charge in [-0.1, -0.05) is 17.7 Å². The standard InChI is InChI=1S/C6H4ClN3OS/c7-4-2-1-3-5(8-4)9-6(11)10-12/h1-3H,(H,8,9,11). The summed E-state index contributed by atoms with van der Waals surface area (Å²) in [5.41, 5.74) is 0. The van der Waals surface area contributed by atoms with E-state index < -0.39 is 6.03 Å². The SMILES string of the molecule is O=C(N=S)Nc1cccc(Cl)n1. The number of nitrogens with one attached hydrogen (secondary N) is 1. The van der Waals surface area contributed by atoms with E-state index in [0.717, 1.165) is 0 Å². The first kappa shape index (κ1) is 9.02. The Kier molecular flexibility index (Phi) is 3.07. The van der Waals surface area contributed by atoms with E-state index in [1.807, 2.05) is 0 Å². The van der Waals surface area contributed by atoms with Crippen LogP contribution in [-0.2, 0) is 12.4 Å². The zero-order valence-electron chi connectivity index (χ0n) is 5.82. The Balaban J connectivity index is 2.76. The lowest BCUT2D eigenvalue weighted by Crippen LogP contribution is -2.06. The maximum atomic E-state index is 10.6. The molecule has 12 heavy (non-hydrogen) atoms. The fourth-order valence-corrected chi connectivity index (χ4v) is 0.820. The van der Waals surface area contributed by atoms with Crippen LogP contribution in [0, 0.1) is 0 Å². The Morgan fingerprint density at radius 3 is 3.00 bits per heavy atom. The summed E-state index contributed by atoms with van der Waals surface area (Å²) in [6, 6.07) is 4.22. The quantitative estimate of drug-likeness (QED) is 0.707. The van der Waals surface area contributed by atoms with Crippen molar-refractivity contribution in [3.8, 4) is 0 Å². The van der Waals surface area contributed by atoms with Gasteiger partial charge >= 0.3 is 6.03 Å². The number of carbonyl (C=O) groups is 1. The number of carbonyl (C=O) groups excluding carboxylic acids is 1. The zero-order valence-corrected chi connectivity index (χ0v) is 7.39. The predicted octanol–water partition coefficient (Wildman–Crippen LogP) is 2.00. The molecule has 4 nitrogen and oxygen atoms in total. The van der Waals surface area contributed by atoms with Crippen molar-refractivity contribution in [3.63, 3.8) is 0 Å². The van der Waals surface area contributed by atoms with Crippen molar-refractivity contribution in [2.24, 2.45) is 4.36 Å². The van der Waals surface area contributed by atoms with Crippen molar-refractivity contribution in [3.05, 3.63) is 23.4 Å². The van der Waals surface area contributed by atoms with Crippen LogP contribution >= 0.6 is 11.6 Å². The Morgan fingerprint density at radius 2 is 2.42 bits per heavy atom. The van der Waals surface area contributed by atoms with Crippen molar-refractivity contribution >= 4 is 35.9 Å². The van der Waals surface area contributed by atoms with Crippen molar-refractivity contribution in [1.82, 2.24) is 4.98 Å². The molecular weight excluding hydrogens is 198 g/mol. The van der Waals surface area contributed by atoms with E-state index >= 15 is 0 Å². The van der Waals surface area contributed by atoms with Crippen molar-refractivity contribution in [2.45, 2.75) is 0 Å². The second-order valence-electron chi connectivity index (χ2n) is 1.87. The number of halogens is 1. The van der Waals surface area contributed by atoms with Crippen molar-refractivity contribution in [1.29, 1.82) is 0 Å². The van der Waals surface area contributed by atoms with E-state index in [1.54, 1.807) is 18.2 Å². The minimum absolute atomic E-state index is 0.303. The largest absolute Gasteiger partial charge is 0.357 e. The molecular formula is C6H4ClN3OS. The molecule has 1 heterocycles. The van der Waals surface area contributed by atoms with Gasteiger partial charge in [0, 0.05) is 12.4 Å². The van der Waals surface area contributed by atoms with Gasteiger partial charge in [0.25, 0.3) is 0 Å². The molecule has 1 aromatic rings. The van der Waals surface area contributed by atoms with Gasteiger partial charge < -0.3 is 0 Å². The molecule has 0 bridgehead atoms. The maximum Gasteiger partial charge on any atom is 0.357 e. The molecule has 0 saturated carbocycles. The fraction of sp³-hybridized carbons (Fsp3) is 0. The third-order valence-corrected chi connectivity index (χ3v) is 1.41. The smallest absolute Gasteiger partial charge is 0.290 e. The first-order valence-corrected chi connectivity index (χ1v) is 3.73. The summed E-state index contributed by atoms with van der Waals surface area (Å²) < 4.78 is 2.96. The minimum atomic E-state index is -0.625. The Bertz CT molecular complexity index is 317. The molecule has 0 unspecified atom stereocenters. The Morgan fingerprint density at radius 1 is 1.67 bits per heavy atom. The van der Waals surface area contributed by atoms with Crippen LogP contribution in [0.3, 0.4) is 0 Å². The van der Waals surface area contributed by atoms with Crippen LogP contribution in [0.2, 0.25) is 5.15 Å². The van der Waals surface area contributed by atoms with E-state index in [-0.39, 0.29) is 0 Å². The van der Waals surface area contributed by atoms with Crippen molar-refractivity contribution < 1.29 is 4.79 Å². The van der Waals surface area contributed by atoms with Crippen LogP contribution < -0.4 is 5.32 Å².